The standard InChI is InChI=1S/C15H26/c1-10-7-8-15-9-12(10)14(3,4)13(15)6-5-11(15)2/h10-13H,5-9H2,1-4H3/t10?,11-,12-,13+,15-/m1/s1. The van der Waals surface area contributed by atoms with Crippen LogP contribution < -0.4 is 0 Å². The number of fused-ring (bicyclic) bond motifs is 1. The lowest BCUT2D eigenvalue weighted by atomic mass is 9.66. The molecule has 3 aliphatic carbocycles. The van der Waals surface area contributed by atoms with E-state index in [1.807, 2.05) is 0 Å². The van der Waals surface area contributed by atoms with Gasteiger partial charge >= 0.3 is 0 Å². The molecule has 15 heavy (non-hydrogen) atoms. The van der Waals surface area contributed by atoms with Crippen molar-refractivity contribution in [2.45, 2.75) is 59.8 Å². The quantitative estimate of drug-likeness (QED) is 0.547. The summed E-state index contributed by atoms with van der Waals surface area (Å²) in [4.78, 5) is 0. The Bertz CT molecular complexity index is 278. The third-order valence-corrected chi connectivity index (χ3v) is 6.77. The SMILES string of the molecule is CC1CC[C@]23C[C@H]1C(C)(C)[C@@H]2CC[C@H]3C. The van der Waals surface area contributed by atoms with Gasteiger partial charge in [0.1, 0.15) is 0 Å². The average molecular weight is 206 g/mol. The smallest absolute Gasteiger partial charge is 0.0235 e. The van der Waals surface area contributed by atoms with Gasteiger partial charge in [0.15, 0.2) is 0 Å². The van der Waals surface area contributed by atoms with Crippen LogP contribution in [-0.2, 0) is 0 Å². The summed E-state index contributed by atoms with van der Waals surface area (Å²) < 4.78 is 0. The second kappa shape index (κ2) is 2.81. The predicted molar refractivity (Wildman–Crippen MR) is 64.6 cm³/mol. The van der Waals surface area contributed by atoms with E-state index < -0.39 is 0 Å². The van der Waals surface area contributed by atoms with Crippen LogP contribution in [0.2, 0.25) is 0 Å². The lowest BCUT2D eigenvalue weighted by Gasteiger charge is -2.39. The third-order valence-electron chi connectivity index (χ3n) is 6.77. The second-order valence-corrected chi connectivity index (χ2v) is 7.41. The Balaban J connectivity index is 2.04. The molecule has 3 fully saturated rings. The molecule has 0 nitrogen and oxygen atoms in total. The van der Waals surface area contributed by atoms with Crippen LogP contribution in [0.3, 0.4) is 0 Å². The Labute approximate surface area is 94.8 Å². The molecule has 0 heterocycles. The highest BCUT2D eigenvalue weighted by Crippen LogP contribution is 2.72. The van der Waals surface area contributed by atoms with E-state index in [1.165, 1.54) is 19.3 Å². The summed E-state index contributed by atoms with van der Waals surface area (Å²) in [5.41, 5.74) is 1.42. The summed E-state index contributed by atoms with van der Waals surface area (Å²) in [5.74, 6) is 4.08. The zero-order valence-corrected chi connectivity index (χ0v) is 10.8. The molecule has 0 saturated heterocycles. The van der Waals surface area contributed by atoms with E-state index in [-0.39, 0.29) is 0 Å². The van der Waals surface area contributed by atoms with Crippen LogP contribution in [0.25, 0.3) is 0 Å². The molecule has 5 atom stereocenters. The van der Waals surface area contributed by atoms with Crippen molar-refractivity contribution >= 4 is 0 Å². The second-order valence-electron chi connectivity index (χ2n) is 7.41. The van der Waals surface area contributed by atoms with Gasteiger partial charge in [0.2, 0.25) is 0 Å². The summed E-state index contributed by atoms with van der Waals surface area (Å²) >= 11 is 0. The fraction of sp³-hybridized carbons (Fsp3) is 1.00. The van der Waals surface area contributed by atoms with E-state index in [9.17, 15) is 0 Å². The first-order valence-electron chi connectivity index (χ1n) is 6.98. The lowest BCUT2D eigenvalue weighted by molar-refractivity contribution is 0.104. The van der Waals surface area contributed by atoms with Gasteiger partial charge in [-0.3, -0.25) is 0 Å². The molecule has 3 rings (SSSR count). The van der Waals surface area contributed by atoms with Crippen LogP contribution in [0.1, 0.15) is 59.8 Å². The Morgan fingerprint density at radius 2 is 1.73 bits per heavy atom. The zero-order valence-electron chi connectivity index (χ0n) is 10.8. The summed E-state index contributed by atoms with van der Waals surface area (Å²) in [7, 11) is 0. The Hall–Kier alpha value is 0. The lowest BCUT2D eigenvalue weighted by Crippen LogP contribution is -2.30. The summed E-state index contributed by atoms with van der Waals surface area (Å²) in [5, 5.41) is 0. The van der Waals surface area contributed by atoms with Crippen LogP contribution in [0.15, 0.2) is 0 Å². The minimum absolute atomic E-state index is 0.640. The maximum atomic E-state index is 2.57. The van der Waals surface area contributed by atoms with Crippen molar-refractivity contribution in [1.82, 2.24) is 0 Å². The number of hydrogen-bond donors (Lipinski definition) is 0. The third kappa shape index (κ3) is 1.04. The fourth-order valence-corrected chi connectivity index (χ4v) is 5.88. The molecular formula is C15H26. The molecule has 3 aliphatic rings. The van der Waals surface area contributed by atoms with E-state index in [0.717, 1.165) is 29.1 Å². The highest BCUT2D eigenvalue weighted by Gasteiger charge is 2.64. The maximum absolute atomic E-state index is 2.57. The van der Waals surface area contributed by atoms with Crippen molar-refractivity contribution in [2.24, 2.45) is 34.5 Å². The van der Waals surface area contributed by atoms with E-state index >= 15 is 0 Å². The minimum atomic E-state index is 0.640. The van der Waals surface area contributed by atoms with E-state index in [4.69, 9.17) is 0 Å². The summed E-state index contributed by atoms with van der Waals surface area (Å²) in [6, 6.07) is 0. The molecule has 0 heteroatoms. The monoisotopic (exact) mass is 206 g/mol. The van der Waals surface area contributed by atoms with E-state index in [0.29, 0.717) is 5.41 Å². The van der Waals surface area contributed by atoms with Gasteiger partial charge in [-0.05, 0) is 66.6 Å². The van der Waals surface area contributed by atoms with Crippen LogP contribution in [-0.4, -0.2) is 0 Å². The average Bonchev–Trinajstić information content (AvgIpc) is 2.57. The van der Waals surface area contributed by atoms with Crippen molar-refractivity contribution in [3.63, 3.8) is 0 Å². The molecule has 0 amide bonds. The van der Waals surface area contributed by atoms with Crippen molar-refractivity contribution in [3.05, 3.63) is 0 Å². The molecule has 0 N–H and O–H groups in total. The topological polar surface area (TPSA) is 0 Å². The van der Waals surface area contributed by atoms with Crippen molar-refractivity contribution in [2.75, 3.05) is 0 Å². The highest BCUT2D eigenvalue weighted by atomic mass is 14.7. The van der Waals surface area contributed by atoms with E-state index in [1.54, 1.807) is 12.8 Å². The largest absolute Gasteiger partial charge is 0.0622 e. The first-order valence-corrected chi connectivity index (χ1v) is 6.98. The molecule has 86 valence electrons. The first-order chi connectivity index (χ1) is 6.98. The van der Waals surface area contributed by atoms with Gasteiger partial charge in [-0.25, -0.2) is 0 Å². The van der Waals surface area contributed by atoms with Gasteiger partial charge in [-0.1, -0.05) is 27.7 Å². The van der Waals surface area contributed by atoms with Gasteiger partial charge in [0.05, 0.1) is 0 Å². The van der Waals surface area contributed by atoms with Crippen molar-refractivity contribution < 1.29 is 0 Å². The molecule has 2 bridgehead atoms. The van der Waals surface area contributed by atoms with Gasteiger partial charge in [0, 0.05) is 0 Å². The molecule has 1 unspecified atom stereocenters. The highest BCUT2D eigenvalue weighted by molar-refractivity contribution is 5.13. The van der Waals surface area contributed by atoms with Gasteiger partial charge in [-0.2, -0.15) is 0 Å². The molecule has 0 aromatic heterocycles. The van der Waals surface area contributed by atoms with Gasteiger partial charge in [-0.15, -0.1) is 0 Å². The Morgan fingerprint density at radius 3 is 2.47 bits per heavy atom. The number of hydrogen-bond acceptors (Lipinski definition) is 0. The van der Waals surface area contributed by atoms with Crippen molar-refractivity contribution in [1.29, 1.82) is 0 Å². The minimum Gasteiger partial charge on any atom is -0.0622 e. The van der Waals surface area contributed by atoms with Crippen LogP contribution in [0.4, 0.5) is 0 Å². The Morgan fingerprint density at radius 1 is 1.00 bits per heavy atom. The summed E-state index contributed by atoms with van der Waals surface area (Å²) in [6.07, 6.45) is 7.65. The Kier molecular flexibility index (Phi) is 1.91. The number of rotatable bonds is 0. The molecule has 0 radical (unpaired) electrons. The zero-order chi connectivity index (χ0) is 10.8. The molecule has 3 saturated carbocycles. The van der Waals surface area contributed by atoms with Crippen LogP contribution >= 0.6 is 0 Å². The molecule has 0 aromatic rings. The van der Waals surface area contributed by atoms with Crippen molar-refractivity contribution in [3.8, 4) is 0 Å². The molecule has 0 aromatic carbocycles. The first kappa shape index (κ1) is 10.2. The van der Waals surface area contributed by atoms with Crippen LogP contribution in [0.5, 0.6) is 0 Å². The maximum Gasteiger partial charge on any atom is -0.0235 e. The molecule has 0 aliphatic heterocycles. The predicted octanol–water partition coefficient (Wildman–Crippen LogP) is 4.49. The van der Waals surface area contributed by atoms with Crippen LogP contribution in [0, 0.1) is 34.5 Å². The van der Waals surface area contributed by atoms with Gasteiger partial charge in [0.25, 0.3) is 0 Å². The normalized spacial score (nSPS) is 56.8. The molecular weight excluding hydrogens is 180 g/mol. The molecule has 1 spiro atoms. The summed E-state index contributed by atoms with van der Waals surface area (Å²) in [6.45, 7) is 10.2. The van der Waals surface area contributed by atoms with E-state index in [2.05, 4.69) is 27.7 Å². The van der Waals surface area contributed by atoms with Gasteiger partial charge < -0.3 is 0 Å². The fourth-order valence-electron chi connectivity index (χ4n) is 5.88.